The molecule has 0 bridgehead atoms. The highest BCUT2D eigenvalue weighted by atomic mass is 35.5. The molecule has 0 radical (unpaired) electrons. The van der Waals surface area contributed by atoms with Gasteiger partial charge in [0.2, 0.25) is 10.6 Å². The number of hydrogen-bond acceptors (Lipinski definition) is 30. The van der Waals surface area contributed by atoms with Gasteiger partial charge in [-0.2, -0.15) is 29.9 Å². The topological polar surface area (TPSA) is 373 Å². The molecule has 7 N–H and O–H groups in total. The number of esters is 1. The summed E-state index contributed by atoms with van der Waals surface area (Å²) >= 11 is 11.6. The number of benzene rings is 5. The number of aromatic nitrogens is 11. The van der Waals surface area contributed by atoms with Gasteiger partial charge in [0.25, 0.3) is 0 Å². The maximum Gasteiger partial charge on any atom is 0.356 e. The number of halogens is 2. The first kappa shape index (κ1) is 83.0. The predicted molar refractivity (Wildman–Crippen MR) is 410 cm³/mol. The van der Waals surface area contributed by atoms with Crippen LogP contribution in [0.2, 0.25) is 10.6 Å². The molecule has 568 valence electrons. The van der Waals surface area contributed by atoms with E-state index in [1.54, 1.807) is 66.0 Å². The van der Waals surface area contributed by atoms with Crippen molar-refractivity contribution in [3.63, 3.8) is 0 Å². The standard InChI is InChI=1S/C17H18N4O3.C15H16ClN3O3.C15H19N3O3.C15H17N3O3.C14H16ClN3O2/c1-22-13-5-3-12(4-6-13)7-8-19-16-9-14(15-10-18-11-24-15)20-17(21-16)23-2;1-21-11-5-3-10(4-6-11)7-8-17-13-9-12(14(20)22-2)18-15(16)19-13;2*1-20-13-5-3-11(4-6-13)7-8-16-14-9-12(10-19)17-15(18-14)21-2;1-20-12-4-2-10(3-5-12)6-7-16-13-8-11(9-19)17-14(15)18-13/h3-6,9-11H,7-8H2,1-2H3,(H,19,20,21);3-6,9H,7-8H2,1-2H3,(H,17,18,19);3-6,9,19H,7-8,10H2,1-2H3,(H,16,17,18);3-6,9-10H,7-8H2,1-2H3,(H,16,17,18);2-5,8,19H,6-7,9H2,1H3,(H,16,17,18). The Balaban J connectivity index is 0.000000188. The Hall–Kier alpha value is -12.3. The highest BCUT2D eigenvalue weighted by Crippen LogP contribution is 2.24. The van der Waals surface area contributed by atoms with Crippen molar-refractivity contribution in [2.24, 2.45) is 0 Å². The third-order valence-electron chi connectivity index (χ3n) is 15.1. The van der Waals surface area contributed by atoms with Gasteiger partial charge in [-0.1, -0.05) is 60.7 Å². The second-order valence-electron chi connectivity index (χ2n) is 22.4. The van der Waals surface area contributed by atoms with Crippen LogP contribution in [-0.2, 0) is 50.1 Å². The van der Waals surface area contributed by atoms with Crippen LogP contribution in [-0.4, -0.2) is 174 Å². The Bertz CT molecular complexity index is 4450. The average molecular weight is 1520 g/mol. The highest BCUT2D eigenvalue weighted by Gasteiger charge is 2.14. The van der Waals surface area contributed by atoms with Gasteiger partial charge in [-0.25, -0.2) is 29.7 Å². The summed E-state index contributed by atoms with van der Waals surface area (Å²) in [6.45, 7) is 3.18. The van der Waals surface area contributed by atoms with Crippen molar-refractivity contribution in [2.75, 3.05) is 123 Å². The number of aliphatic hydroxyl groups excluding tert-OH is 2. The zero-order valence-electron chi connectivity index (χ0n) is 61.1. The Morgan fingerprint density at radius 2 is 0.731 bits per heavy atom. The molecule has 6 aromatic heterocycles. The Morgan fingerprint density at radius 1 is 0.398 bits per heavy atom. The number of nitrogens with one attached hydrogen (secondary N) is 5. The molecule has 6 heterocycles. The van der Waals surface area contributed by atoms with Gasteiger partial charge in [0.05, 0.1) is 94.8 Å². The van der Waals surface area contributed by atoms with Crippen molar-refractivity contribution in [2.45, 2.75) is 45.3 Å². The summed E-state index contributed by atoms with van der Waals surface area (Å²) in [7, 11) is 14.0. The zero-order chi connectivity index (χ0) is 77.3. The summed E-state index contributed by atoms with van der Waals surface area (Å²) in [6.07, 6.45) is 7.80. The lowest BCUT2D eigenvalue weighted by Crippen LogP contribution is -2.10. The lowest BCUT2D eigenvalue weighted by molar-refractivity contribution is 0.0593. The zero-order valence-corrected chi connectivity index (χ0v) is 62.6. The van der Waals surface area contributed by atoms with Crippen molar-refractivity contribution >= 4 is 64.5 Å². The van der Waals surface area contributed by atoms with Crippen molar-refractivity contribution in [1.82, 2.24) is 54.8 Å². The molecule has 0 aliphatic rings. The molecule has 108 heavy (non-hydrogen) atoms. The predicted octanol–water partition coefficient (Wildman–Crippen LogP) is 11.3. The second-order valence-corrected chi connectivity index (χ2v) is 23.0. The Labute approximate surface area is 635 Å². The van der Waals surface area contributed by atoms with E-state index in [-0.39, 0.29) is 53.2 Å². The molecule has 0 amide bonds. The van der Waals surface area contributed by atoms with Crippen molar-refractivity contribution in [1.29, 1.82) is 0 Å². The van der Waals surface area contributed by atoms with Gasteiger partial charge in [0, 0.05) is 63.1 Å². The van der Waals surface area contributed by atoms with E-state index in [2.05, 4.69) is 86.1 Å². The molecule has 0 fully saturated rings. The van der Waals surface area contributed by atoms with Crippen LogP contribution in [0.25, 0.3) is 11.5 Å². The van der Waals surface area contributed by atoms with Crippen LogP contribution in [0.4, 0.5) is 29.1 Å². The fourth-order valence-electron chi connectivity index (χ4n) is 9.49. The number of hydrogen-bond donors (Lipinski definition) is 7. The number of anilines is 5. The van der Waals surface area contributed by atoms with Crippen molar-refractivity contribution in [3.8, 4) is 58.2 Å². The minimum absolute atomic E-state index is 0.00477. The lowest BCUT2D eigenvalue weighted by Gasteiger charge is -2.09. The number of aliphatic hydroxyl groups is 2. The maximum absolute atomic E-state index is 11.5. The van der Waals surface area contributed by atoms with Crippen LogP contribution in [0.3, 0.4) is 0 Å². The molecule has 0 aliphatic heterocycles. The fraction of sp³-hybridized carbons (Fsp3) is 0.276. The normalized spacial score (nSPS) is 10.2. The molecule has 30 nitrogen and oxygen atoms in total. The highest BCUT2D eigenvalue weighted by molar-refractivity contribution is 6.28. The minimum atomic E-state index is -0.553. The first-order chi connectivity index (χ1) is 52.6. The number of oxazole rings is 1. The van der Waals surface area contributed by atoms with Crippen molar-refractivity contribution in [3.05, 3.63) is 225 Å². The molecule has 0 spiro atoms. The van der Waals surface area contributed by atoms with E-state index in [9.17, 15) is 9.59 Å². The molecule has 32 heteroatoms. The van der Waals surface area contributed by atoms with Crippen LogP contribution in [0.15, 0.2) is 169 Å². The van der Waals surface area contributed by atoms with Crippen LogP contribution in [0.1, 0.15) is 60.2 Å². The van der Waals surface area contributed by atoms with E-state index in [0.29, 0.717) is 77.9 Å². The van der Waals surface area contributed by atoms with Gasteiger partial charge in [-0.05, 0) is 144 Å². The Kier molecular flexibility index (Phi) is 35.3. The number of methoxy groups -OCH3 is 9. The molecule has 5 aromatic carbocycles. The lowest BCUT2D eigenvalue weighted by atomic mass is 10.1. The van der Waals surface area contributed by atoms with Crippen LogP contribution < -0.4 is 64.5 Å². The smallest absolute Gasteiger partial charge is 0.356 e. The third kappa shape index (κ3) is 29.0. The molecular weight excluding hydrogens is 1430 g/mol. The van der Waals surface area contributed by atoms with Gasteiger partial charge in [0.1, 0.15) is 69.2 Å². The number of carbonyl (C=O) groups excluding carboxylic acids is 2. The van der Waals surface area contributed by atoms with E-state index in [0.717, 1.165) is 79.5 Å². The monoisotopic (exact) mass is 1520 g/mol. The summed E-state index contributed by atoms with van der Waals surface area (Å²) in [5.41, 5.74) is 7.98. The Morgan fingerprint density at radius 3 is 1.07 bits per heavy atom. The molecule has 0 unspecified atom stereocenters. The van der Waals surface area contributed by atoms with E-state index < -0.39 is 5.97 Å². The number of aldehydes is 1. The summed E-state index contributed by atoms with van der Waals surface area (Å²) in [4.78, 5) is 66.7. The largest absolute Gasteiger partial charge is 0.497 e. The SMILES string of the molecule is COC(=O)c1cc(NCCc2ccc(OC)cc2)nc(Cl)n1.COc1ccc(CCNc2cc(-c3cnco3)nc(OC)n2)cc1.COc1ccc(CCNc2cc(C=O)nc(OC)n2)cc1.COc1ccc(CCNc2cc(CO)nc(Cl)n2)cc1.COc1ccc(CCNc2cc(CO)nc(OC)n2)cc1. The van der Waals surface area contributed by atoms with E-state index in [1.165, 1.54) is 63.2 Å². The third-order valence-corrected chi connectivity index (χ3v) is 15.4. The molecule has 0 saturated carbocycles. The molecule has 0 atom stereocenters. The van der Waals surface area contributed by atoms with E-state index in [1.807, 2.05) is 121 Å². The molecule has 11 rings (SSSR count). The van der Waals surface area contributed by atoms with Gasteiger partial charge in [-0.15, -0.1) is 0 Å². The quantitative estimate of drug-likeness (QED) is 0.0114. The van der Waals surface area contributed by atoms with Crippen LogP contribution in [0, 0.1) is 0 Å². The molecule has 0 aliphatic carbocycles. The number of carbonyl (C=O) groups is 2. The summed E-state index contributed by atoms with van der Waals surface area (Å²) < 4.78 is 50.6. The second kappa shape index (κ2) is 45.9. The summed E-state index contributed by atoms with van der Waals surface area (Å²) in [5, 5.41) is 34.2. The number of nitrogens with zero attached hydrogens (tertiary/aromatic N) is 11. The number of rotatable bonds is 33. The maximum atomic E-state index is 11.5. The fourth-order valence-corrected chi connectivity index (χ4v) is 9.87. The van der Waals surface area contributed by atoms with Gasteiger partial charge in [0.15, 0.2) is 24.1 Å². The molecular formula is C76H86Cl2N16O14. The minimum Gasteiger partial charge on any atom is -0.497 e. The van der Waals surface area contributed by atoms with Crippen LogP contribution >= 0.6 is 23.2 Å². The van der Waals surface area contributed by atoms with Gasteiger partial charge >= 0.3 is 24.0 Å². The van der Waals surface area contributed by atoms with E-state index in [4.69, 9.17) is 75.7 Å². The van der Waals surface area contributed by atoms with Crippen LogP contribution in [0.5, 0.6) is 46.8 Å². The van der Waals surface area contributed by atoms with Gasteiger partial charge < -0.3 is 83.8 Å². The van der Waals surface area contributed by atoms with Gasteiger partial charge in [-0.3, -0.25) is 4.79 Å². The molecule has 0 saturated heterocycles. The summed E-state index contributed by atoms with van der Waals surface area (Å²) in [6, 6.07) is 48.5. The molecule has 11 aromatic rings. The first-order valence-corrected chi connectivity index (χ1v) is 34.2. The summed E-state index contributed by atoms with van der Waals surface area (Å²) in [5.74, 6) is 7.18. The first-order valence-electron chi connectivity index (χ1n) is 33.5. The van der Waals surface area contributed by atoms with E-state index >= 15 is 0 Å². The number of ether oxygens (including phenoxy) is 9. The average Bonchev–Trinajstić information content (AvgIpc) is 1.58. The van der Waals surface area contributed by atoms with Crippen molar-refractivity contribution < 1.29 is 66.9 Å².